The molecule has 1 heterocycles. The largest absolute Gasteiger partial charge is 0.486 e. The predicted molar refractivity (Wildman–Crippen MR) is 122 cm³/mol. The Bertz CT molecular complexity index is 955. The van der Waals surface area contributed by atoms with Crippen LogP contribution < -0.4 is 4.74 Å². The maximum Gasteiger partial charge on any atom is 0.293 e. The van der Waals surface area contributed by atoms with Crippen molar-refractivity contribution < 1.29 is 14.3 Å². The van der Waals surface area contributed by atoms with Crippen molar-refractivity contribution in [1.82, 2.24) is 4.90 Å². The molecule has 29 heavy (non-hydrogen) atoms. The lowest BCUT2D eigenvalue weighted by Gasteiger charge is -2.19. The molecule has 1 aliphatic rings. The molecule has 0 aliphatic carbocycles. The lowest BCUT2D eigenvalue weighted by molar-refractivity contribution is -0.124. The van der Waals surface area contributed by atoms with Gasteiger partial charge in [-0.1, -0.05) is 58.2 Å². The quantitative estimate of drug-likeness (QED) is 0.383. The Hall–Kier alpha value is -1.47. The first-order chi connectivity index (χ1) is 13.8. The van der Waals surface area contributed by atoms with Gasteiger partial charge >= 0.3 is 0 Å². The van der Waals surface area contributed by atoms with E-state index in [1.165, 1.54) is 4.90 Å². The first-order valence-corrected chi connectivity index (χ1v) is 11.3. The summed E-state index contributed by atoms with van der Waals surface area (Å²) in [4.78, 5) is 26.4. The molecule has 2 aromatic rings. The van der Waals surface area contributed by atoms with E-state index in [2.05, 4.69) is 15.9 Å². The zero-order chi connectivity index (χ0) is 21.1. The molecule has 0 aromatic heterocycles. The van der Waals surface area contributed by atoms with Crippen LogP contribution in [0.5, 0.6) is 5.75 Å². The third-order valence-electron chi connectivity index (χ3n) is 4.47. The maximum absolute atomic E-state index is 12.6. The zero-order valence-electron chi connectivity index (χ0n) is 15.7. The molecule has 8 heteroatoms. The third kappa shape index (κ3) is 5.18. The molecule has 1 aliphatic heterocycles. The summed E-state index contributed by atoms with van der Waals surface area (Å²) < 4.78 is 6.77. The van der Waals surface area contributed by atoms with E-state index < -0.39 is 0 Å². The summed E-state index contributed by atoms with van der Waals surface area (Å²) >= 11 is 17.0. The van der Waals surface area contributed by atoms with E-state index in [0.717, 1.165) is 21.8 Å². The highest BCUT2D eigenvalue weighted by molar-refractivity contribution is 9.10. The topological polar surface area (TPSA) is 46.6 Å². The van der Waals surface area contributed by atoms with Gasteiger partial charge in [-0.15, -0.1) is 0 Å². The van der Waals surface area contributed by atoms with Gasteiger partial charge in [-0.25, -0.2) is 0 Å². The second-order valence-corrected chi connectivity index (χ2v) is 9.26. The van der Waals surface area contributed by atoms with Crippen LogP contribution in [0.15, 0.2) is 45.8 Å². The molecule has 0 spiro atoms. The van der Waals surface area contributed by atoms with Crippen LogP contribution in [-0.4, -0.2) is 22.1 Å². The average Bonchev–Trinajstić information content (AvgIpc) is 2.95. The van der Waals surface area contributed by atoms with Gasteiger partial charge in [0.1, 0.15) is 6.61 Å². The second kappa shape index (κ2) is 9.56. The number of halogens is 3. The zero-order valence-corrected chi connectivity index (χ0v) is 19.7. The number of hydrogen-bond donors (Lipinski definition) is 0. The molecule has 2 aromatic carbocycles. The standard InChI is InChI=1S/C21H18BrCl2NO3S/c1-3-12(2)25-20(26)18(29-21(25)27)10-14-8-16(23)19(17(24)9-14)28-11-13-4-6-15(22)7-5-13/h4-10,12H,3,11H2,1-2H3/b18-10+/t12-/m0/s1. The highest BCUT2D eigenvalue weighted by Gasteiger charge is 2.37. The van der Waals surface area contributed by atoms with Crippen molar-refractivity contribution in [2.24, 2.45) is 0 Å². The van der Waals surface area contributed by atoms with Gasteiger partial charge in [0.2, 0.25) is 0 Å². The average molecular weight is 515 g/mol. The molecular formula is C21H18BrCl2NO3S. The van der Waals surface area contributed by atoms with Gasteiger partial charge in [-0.3, -0.25) is 14.5 Å². The monoisotopic (exact) mass is 513 g/mol. The number of benzene rings is 2. The van der Waals surface area contributed by atoms with Crippen molar-refractivity contribution in [2.75, 3.05) is 0 Å². The van der Waals surface area contributed by atoms with Crippen LogP contribution in [0.2, 0.25) is 10.0 Å². The van der Waals surface area contributed by atoms with Gasteiger partial charge < -0.3 is 4.74 Å². The summed E-state index contributed by atoms with van der Waals surface area (Å²) in [7, 11) is 0. The Labute approximate surface area is 192 Å². The number of hydrogen-bond acceptors (Lipinski definition) is 4. The van der Waals surface area contributed by atoms with Gasteiger partial charge in [0.25, 0.3) is 11.1 Å². The maximum atomic E-state index is 12.6. The first-order valence-electron chi connectivity index (χ1n) is 8.93. The summed E-state index contributed by atoms with van der Waals surface area (Å²) in [5, 5.41) is 0.409. The number of amides is 2. The number of carbonyl (C=O) groups excluding carboxylic acids is 2. The molecule has 0 bridgehead atoms. The van der Waals surface area contributed by atoms with Crippen molar-refractivity contribution in [3.8, 4) is 5.75 Å². The molecule has 1 fully saturated rings. The fraction of sp³-hybridized carbons (Fsp3) is 0.238. The number of thioether (sulfide) groups is 1. The fourth-order valence-electron chi connectivity index (χ4n) is 2.73. The van der Waals surface area contributed by atoms with Crippen LogP contribution in [0.4, 0.5) is 4.79 Å². The SMILES string of the molecule is CC[C@H](C)N1C(=O)S/C(=C/c2cc(Cl)c(OCc3ccc(Br)cc3)c(Cl)c2)C1=O. The molecule has 152 valence electrons. The van der Waals surface area contributed by atoms with Crippen molar-refractivity contribution in [1.29, 1.82) is 0 Å². The van der Waals surface area contributed by atoms with Crippen LogP contribution >= 0.6 is 50.9 Å². The summed E-state index contributed by atoms with van der Waals surface area (Å²) in [6.45, 7) is 4.11. The van der Waals surface area contributed by atoms with Gasteiger partial charge in [-0.2, -0.15) is 0 Å². The van der Waals surface area contributed by atoms with E-state index in [1.807, 2.05) is 38.1 Å². The minimum Gasteiger partial charge on any atom is -0.486 e. The summed E-state index contributed by atoms with van der Waals surface area (Å²) in [6, 6.07) is 10.9. The number of rotatable bonds is 6. The number of ether oxygens (including phenoxy) is 1. The van der Waals surface area contributed by atoms with E-state index in [1.54, 1.807) is 18.2 Å². The van der Waals surface area contributed by atoms with Crippen molar-refractivity contribution in [3.63, 3.8) is 0 Å². The van der Waals surface area contributed by atoms with E-state index in [4.69, 9.17) is 27.9 Å². The Morgan fingerprint density at radius 3 is 2.38 bits per heavy atom. The molecule has 1 saturated heterocycles. The molecule has 1 atom stereocenters. The normalized spacial score (nSPS) is 16.6. The minimum atomic E-state index is -0.294. The Morgan fingerprint density at radius 1 is 1.17 bits per heavy atom. The minimum absolute atomic E-state index is 0.144. The van der Waals surface area contributed by atoms with Crippen molar-refractivity contribution in [2.45, 2.75) is 32.9 Å². The van der Waals surface area contributed by atoms with E-state index in [-0.39, 0.29) is 17.2 Å². The molecule has 0 saturated carbocycles. The predicted octanol–water partition coefficient (Wildman–Crippen LogP) is 7.17. The Kier molecular flexibility index (Phi) is 7.32. The van der Waals surface area contributed by atoms with E-state index in [9.17, 15) is 9.59 Å². The molecule has 3 rings (SSSR count). The summed E-state index contributed by atoms with van der Waals surface area (Å²) in [6.07, 6.45) is 2.33. The molecule has 4 nitrogen and oxygen atoms in total. The van der Waals surface area contributed by atoms with Gasteiger partial charge in [0, 0.05) is 10.5 Å². The number of carbonyl (C=O) groups is 2. The smallest absolute Gasteiger partial charge is 0.293 e. The van der Waals surface area contributed by atoms with E-state index in [0.29, 0.717) is 39.3 Å². The highest BCUT2D eigenvalue weighted by atomic mass is 79.9. The van der Waals surface area contributed by atoms with Crippen LogP contribution in [0.3, 0.4) is 0 Å². The lowest BCUT2D eigenvalue weighted by Crippen LogP contribution is -2.36. The molecule has 0 N–H and O–H groups in total. The Morgan fingerprint density at radius 2 is 1.79 bits per heavy atom. The molecular weight excluding hydrogens is 497 g/mol. The van der Waals surface area contributed by atoms with Crippen LogP contribution in [-0.2, 0) is 11.4 Å². The van der Waals surface area contributed by atoms with E-state index >= 15 is 0 Å². The molecule has 2 amide bonds. The van der Waals surface area contributed by atoms with Crippen LogP contribution in [0.25, 0.3) is 6.08 Å². The summed E-state index contributed by atoms with van der Waals surface area (Å²) in [5.41, 5.74) is 1.61. The third-order valence-corrected chi connectivity index (χ3v) is 6.44. The van der Waals surface area contributed by atoms with Gasteiger partial charge in [0.05, 0.1) is 15.0 Å². The van der Waals surface area contributed by atoms with Crippen LogP contribution in [0, 0.1) is 0 Å². The summed E-state index contributed by atoms with van der Waals surface area (Å²) in [5.74, 6) is 0.0817. The van der Waals surface area contributed by atoms with Crippen molar-refractivity contribution >= 4 is 68.1 Å². The number of nitrogens with zero attached hydrogens (tertiary/aromatic N) is 1. The molecule has 0 radical (unpaired) electrons. The first kappa shape index (κ1) is 22.2. The van der Waals surface area contributed by atoms with Gasteiger partial charge in [-0.05, 0) is 66.6 Å². The second-order valence-electron chi connectivity index (χ2n) is 6.54. The number of imide groups is 1. The van der Waals surface area contributed by atoms with Crippen LogP contribution in [0.1, 0.15) is 31.4 Å². The van der Waals surface area contributed by atoms with Crippen molar-refractivity contribution in [3.05, 3.63) is 66.9 Å². The highest BCUT2D eigenvalue weighted by Crippen LogP contribution is 2.38. The Balaban J connectivity index is 1.78. The lowest BCUT2D eigenvalue weighted by atomic mass is 10.2. The van der Waals surface area contributed by atoms with Gasteiger partial charge in [0.15, 0.2) is 5.75 Å². The fourth-order valence-corrected chi connectivity index (χ4v) is 4.54. The molecule has 0 unspecified atom stereocenters.